The fraction of sp³-hybridized carbons (Fsp3) is 0.138. The van der Waals surface area contributed by atoms with Crippen LogP contribution >= 0.6 is 11.6 Å². The average molecular weight is 475 g/mol. The van der Waals surface area contributed by atoms with Gasteiger partial charge in [0.1, 0.15) is 0 Å². The van der Waals surface area contributed by atoms with E-state index < -0.39 is 16.1 Å². The maximum absolute atomic E-state index is 10.7. The van der Waals surface area contributed by atoms with Gasteiger partial charge in [-0.15, -0.1) is 5.43 Å². The third-order valence-electron chi connectivity index (χ3n) is 7.57. The number of nitriles is 1. The zero-order valence-electron chi connectivity index (χ0n) is 18.8. The third kappa shape index (κ3) is 2.32. The lowest BCUT2D eigenvalue weighted by atomic mass is 9.63. The molecule has 5 nitrogen and oxygen atoms in total. The SMILES string of the molecule is N#C[C@@]1(Cl)CN(c2ccccc2)[C@@]23N=[N+](c4ccccc4)N[C@@]12c1ccccc1-c1ccccc13. The number of nitrogens with zero attached hydrogens (tertiary/aromatic N) is 4. The summed E-state index contributed by atoms with van der Waals surface area (Å²) in [6, 6.07) is 39.2. The summed E-state index contributed by atoms with van der Waals surface area (Å²) >= 11 is 7.45. The van der Waals surface area contributed by atoms with E-state index in [0.717, 1.165) is 33.6 Å². The molecular weight excluding hydrogens is 454 g/mol. The number of rotatable bonds is 2. The Bertz CT molecular complexity index is 1550. The van der Waals surface area contributed by atoms with E-state index >= 15 is 0 Å². The Morgan fingerprint density at radius 1 is 0.800 bits per heavy atom. The molecule has 3 atom stereocenters. The minimum absolute atomic E-state index is 0.302. The number of para-hydroxylation sites is 2. The van der Waals surface area contributed by atoms with Gasteiger partial charge in [-0.05, 0) is 28.8 Å². The van der Waals surface area contributed by atoms with Crippen molar-refractivity contribution in [3.63, 3.8) is 0 Å². The fourth-order valence-corrected chi connectivity index (χ4v) is 6.58. The molecule has 1 fully saturated rings. The van der Waals surface area contributed by atoms with E-state index in [0.29, 0.717) is 6.54 Å². The van der Waals surface area contributed by atoms with Gasteiger partial charge in [0.15, 0.2) is 4.87 Å². The van der Waals surface area contributed by atoms with Crippen molar-refractivity contribution in [1.82, 2.24) is 5.43 Å². The van der Waals surface area contributed by atoms with Crippen LogP contribution in [0.4, 0.5) is 11.4 Å². The molecule has 6 heteroatoms. The van der Waals surface area contributed by atoms with Crippen molar-refractivity contribution in [2.75, 3.05) is 11.4 Å². The monoisotopic (exact) mass is 474 g/mol. The van der Waals surface area contributed by atoms with Gasteiger partial charge in [-0.3, -0.25) is 0 Å². The molecule has 1 N–H and O–H groups in total. The Kier molecular flexibility index (Phi) is 4.02. The Morgan fingerprint density at radius 2 is 1.37 bits per heavy atom. The zero-order valence-corrected chi connectivity index (χ0v) is 19.5. The Labute approximate surface area is 208 Å². The van der Waals surface area contributed by atoms with Gasteiger partial charge in [0.25, 0.3) is 11.4 Å². The van der Waals surface area contributed by atoms with Gasteiger partial charge in [-0.25, -0.2) is 0 Å². The predicted molar refractivity (Wildman–Crippen MR) is 135 cm³/mol. The molecule has 0 spiro atoms. The molecule has 1 aliphatic carbocycles. The van der Waals surface area contributed by atoms with E-state index in [2.05, 4.69) is 58.9 Å². The zero-order chi connectivity index (χ0) is 23.7. The van der Waals surface area contributed by atoms with Gasteiger partial charge in [0.05, 0.1) is 12.6 Å². The predicted octanol–water partition coefficient (Wildman–Crippen LogP) is 6.05. The van der Waals surface area contributed by atoms with Crippen LogP contribution in [0.2, 0.25) is 0 Å². The van der Waals surface area contributed by atoms with Crippen molar-refractivity contribution in [3.05, 3.63) is 120 Å². The van der Waals surface area contributed by atoms with Crippen molar-refractivity contribution in [2.24, 2.45) is 5.11 Å². The van der Waals surface area contributed by atoms with E-state index in [9.17, 15) is 5.26 Å². The summed E-state index contributed by atoms with van der Waals surface area (Å²) in [5.41, 5.74) is 7.63. The normalized spacial score (nSPS) is 27.5. The number of fused-ring (bicyclic) bond motifs is 3. The summed E-state index contributed by atoms with van der Waals surface area (Å²) in [5, 5.41) is 16.1. The molecule has 0 radical (unpaired) electrons. The Morgan fingerprint density at radius 3 is 2.06 bits per heavy atom. The second-order valence-corrected chi connectivity index (χ2v) is 9.85. The minimum atomic E-state index is -1.32. The number of anilines is 1. The summed E-state index contributed by atoms with van der Waals surface area (Å²) in [6.07, 6.45) is 0. The van der Waals surface area contributed by atoms with E-state index in [-0.39, 0.29) is 0 Å². The third-order valence-corrected chi connectivity index (χ3v) is 8.06. The van der Waals surface area contributed by atoms with Gasteiger partial charge in [-0.2, -0.15) is 5.26 Å². The molecule has 2 aliphatic heterocycles. The smallest absolute Gasteiger partial charge is 0.265 e. The number of hydrazine groups is 1. The van der Waals surface area contributed by atoms with Crippen LogP contribution in [-0.2, 0) is 11.2 Å². The molecule has 4 aromatic carbocycles. The molecule has 35 heavy (non-hydrogen) atoms. The van der Waals surface area contributed by atoms with E-state index in [4.69, 9.17) is 16.7 Å². The maximum atomic E-state index is 10.7. The van der Waals surface area contributed by atoms with Crippen LogP contribution in [0.25, 0.3) is 11.1 Å². The second-order valence-electron chi connectivity index (χ2n) is 9.21. The number of alkyl halides is 1. The molecule has 0 aromatic heterocycles. The van der Waals surface area contributed by atoms with Crippen LogP contribution in [-0.4, -0.2) is 16.2 Å². The van der Waals surface area contributed by atoms with Crippen LogP contribution in [0.15, 0.2) is 114 Å². The highest BCUT2D eigenvalue weighted by molar-refractivity contribution is 6.28. The second kappa shape index (κ2) is 6.94. The molecule has 2 heterocycles. The van der Waals surface area contributed by atoms with E-state index in [1.807, 2.05) is 71.5 Å². The van der Waals surface area contributed by atoms with E-state index in [1.54, 1.807) is 0 Å². The average Bonchev–Trinajstić information content (AvgIpc) is 3.42. The molecule has 4 aromatic rings. The van der Waals surface area contributed by atoms with Gasteiger partial charge in [0, 0.05) is 33.3 Å². The van der Waals surface area contributed by atoms with Crippen molar-refractivity contribution in [3.8, 4) is 17.2 Å². The first-order valence-electron chi connectivity index (χ1n) is 11.6. The molecule has 0 saturated carbocycles. The van der Waals surface area contributed by atoms with Gasteiger partial charge >= 0.3 is 0 Å². The summed E-state index contributed by atoms with van der Waals surface area (Å²) in [6.45, 7) is 0.302. The van der Waals surface area contributed by atoms with Crippen LogP contribution in [0.3, 0.4) is 0 Å². The summed E-state index contributed by atoms with van der Waals surface area (Å²) < 4.78 is 0. The van der Waals surface area contributed by atoms with Crippen molar-refractivity contribution in [1.29, 1.82) is 5.26 Å². The number of benzene rings is 4. The van der Waals surface area contributed by atoms with Crippen molar-refractivity contribution >= 4 is 23.0 Å². The topological polar surface area (TPSA) is 54.4 Å². The first kappa shape index (κ1) is 20.3. The molecule has 3 aliphatic rings. The summed E-state index contributed by atoms with van der Waals surface area (Å²) in [4.78, 5) is 2.69. The molecule has 7 rings (SSSR count). The molecule has 0 amide bonds. The van der Waals surface area contributed by atoms with Crippen LogP contribution < -0.4 is 10.3 Å². The number of hydrogen-bond acceptors (Lipinski definition) is 4. The van der Waals surface area contributed by atoms with Gasteiger partial charge in [0.2, 0.25) is 5.54 Å². The highest BCUT2D eigenvalue weighted by Crippen LogP contribution is 2.67. The van der Waals surface area contributed by atoms with Crippen molar-refractivity contribution in [2.45, 2.75) is 16.1 Å². The summed E-state index contributed by atoms with van der Waals surface area (Å²) in [5.74, 6) is 0. The number of halogens is 1. The maximum Gasteiger partial charge on any atom is 0.265 e. The Hall–Kier alpha value is -4.14. The molecular formula is C29H21ClN5+. The molecule has 1 saturated heterocycles. The van der Waals surface area contributed by atoms with E-state index in [1.165, 1.54) is 0 Å². The standard InChI is InChI=1S/C29H21ClN5/c30-27(19-31)20-34(21-11-3-1-4-12-21)29-26-18-10-8-16-24(26)23-15-7-9-17-25(23)28(27,29)32-35(33-29)22-13-5-2-6-14-22/h1-18H,20H2,(H,32,33)/q+1/t27-,28+,29-/m1/s1. The largest absolute Gasteiger partial charge is 0.333 e. The van der Waals surface area contributed by atoms with Crippen LogP contribution in [0, 0.1) is 11.3 Å². The lowest BCUT2D eigenvalue weighted by Crippen LogP contribution is -2.63. The number of nitrogens with one attached hydrogen (secondary N) is 1. The van der Waals surface area contributed by atoms with Crippen molar-refractivity contribution < 1.29 is 4.81 Å². The molecule has 168 valence electrons. The highest BCUT2D eigenvalue weighted by Gasteiger charge is 2.83. The van der Waals surface area contributed by atoms with Crippen LogP contribution in [0.5, 0.6) is 0 Å². The molecule has 0 unspecified atom stereocenters. The number of azo groups is 1. The minimum Gasteiger partial charge on any atom is -0.333 e. The quantitative estimate of drug-likeness (QED) is 0.284. The van der Waals surface area contributed by atoms with Gasteiger partial charge < -0.3 is 4.90 Å². The highest BCUT2D eigenvalue weighted by atomic mass is 35.5. The fourth-order valence-electron chi connectivity index (χ4n) is 6.18. The Balaban J connectivity index is 1.65. The molecule has 0 bridgehead atoms. The summed E-state index contributed by atoms with van der Waals surface area (Å²) in [7, 11) is 0. The first-order chi connectivity index (χ1) is 17.1. The van der Waals surface area contributed by atoms with Crippen LogP contribution in [0.1, 0.15) is 11.1 Å². The van der Waals surface area contributed by atoms with Gasteiger partial charge in [-0.1, -0.05) is 96.5 Å². The first-order valence-corrected chi connectivity index (χ1v) is 12.0. The lowest BCUT2D eigenvalue weighted by molar-refractivity contribution is -0.569. The number of hydrogen-bond donors (Lipinski definition) is 1. The lowest BCUT2D eigenvalue weighted by Gasteiger charge is -2.45.